The second kappa shape index (κ2) is 6.06. The molecule has 1 unspecified atom stereocenters. The van der Waals surface area contributed by atoms with Crippen molar-refractivity contribution in [3.8, 4) is 17.2 Å². The Labute approximate surface area is 115 Å². The zero-order chi connectivity index (χ0) is 14.5. The van der Waals surface area contributed by atoms with Crippen molar-refractivity contribution >= 4 is 5.97 Å². The summed E-state index contributed by atoms with van der Waals surface area (Å²) in [5, 5.41) is 8.84. The summed E-state index contributed by atoms with van der Waals surface area (Å²) < 4.78 is 24.2. The molecule has 1 N–H and O–H groups in total. The number of halogens is 1. The van der Waals surface area contributed by atoms with E-state index in [9.17, 15) is 9.18 Å². The molecule has 4 nitrogen and oxygen atoms in total. The predicted octanol–water partition coefficient (Wildman–Crippen LogP) is 3.47. The molecule has 0 saturated carbocycles. The quantitative estimate of drug-likeness (QED) is 0.908. The van der Waals surface area contributed by atoms with E-state index in [0.717, 1.165) is 0 Å². The zero-order valence-electron chi connectivity index (χ0n) is 10.7. The summed E-state index contributed by atoms with van der Waals surface area (Å²) in [6.07, 6.45) is -1.03. The number of hydrogen-bond donors (Lipinski definition) is 1. The van der Waals surface area contributed by atoms with Crippen molar-refractivity contribution in [3.05, 3.63) is 54.3 Å². The van der Waals surface area contributed by atoms with E-state index >= 15 is 0 Å². The Hall–Kier alpha value is -2.56. The number of ether oxygens (including phenoxy) is 2. The molecule has 2 aromatic rings. The van der Waals surface area contributed by atoms with Gasteiger partial charge in [0.1, 0.15) is 0 Å². The van der Waals surface area contributed by atoms with Gasteiger partial charge < -0.3 is 14.6 Å². The minimum Gasteiger partial charge on any atom is -0.479 e. The molecule has 0 amide bonds. The molecule has 0 spiro atoms. The van der Waals surface area contributed by atoms with Crippen LogP contribution in [0.5, 0.6) is 17.2 Å². The molecule has 1 atom stereocenters. The van der Waals surface area contributed by atoms with E-state index in [4.69, 9.17) is 14.6 Å². The van der Waals surface area contributed by atoms with Gasteiger partial charge in [-0.3, -0.25) is 0 Å². The van der Waals surface area contributed by atoms with Crippen molar-refractivity contribution in [2.75, 3.05) is 0 Å². The number of carboxylic acid groups (broad SMARTS) is 1. The molecule has 104 valence electrons. The largest absolute Gasteiger partial charge is 0.479 e. The Morgan fingerprint density at radius 2 is 1.60 bits per heavy atom. The average molecular weight is 276 g/mol. The molecule has 0 heterocycles. The monoisotopic (exact) mass is 276 g/mol. The SMILES string of the molecule is CC(Oc1ccccc1Oc1ccccc1F)C(=O)O. The van der Waals surface area contributed by atoms with Gasteiger partial charge >= 0.3 is 5.97 Å². The van der Waals surface area contributed by atoms with Crippen LogP contribution in [0.3, 0.4) is 0 Å². The third-order valence-electron chi connectivity index (χ3n) is 2.56. The lowest BCUT2D eigenvalue weighted by Crippen LogP contribution is -2.23. The van der Waals surface area contributed by atoms with Crippen molar-refractivity contribution in [1.29, 1.82) is 0 Å². The number of benzene rings is 2. The van der Waals surface area contributed by atoms with Crippen LogP contribution in [-0.4, -0.2) is 17.2 Å². The minimum absolute atomic E-state index is 0.0477. The molecule has 2 aromatic carbocycles. The van der Waals surface area contributed by atoms with Crippen molar-refractivity contribution in [3.63, 3.8) is 0 Å². The van der Waals surface area contributed by atoms with E-state index in [0.29, 0.717) is 0 Å². The predicted molar refractivity (Wildman–Crippen MR) is 70.6 cm³/mol. The summed E-state index contributed by atoms with van der Waals surface area (Å²) in [5.41, 5.74) is 0. The normalized spacial score (nSPS) is 11.7. The Kier molecular flexibility index (Phi) is 4.20. The molecule has 0 saturated heterocycles. The summed E-state index contributed by atoms with van der Waals surface area (Å²) in [6, 6.07) is 12.5. The molecule has 0 aromatic heterocycles. The first-order chi connectivity index (χ1) is 9.58. The lowest BCUT2D eigenvalue weighted by atomic mass is 10.3. The Morgan fingerprint density at radius 1 is 1.05 bits per heavy atom. The van der Waals surface area contributed by atoms with Crippen LogP contribution in [0.25, 0.3) is 0 Å². The van der Waals surface area contributed by atoms with Crippen molar-refractivity contribution < 1.29 is 23.8 Å². The van der Waals surface area contributed by atoms with Crippen LogP contribution >= 0.6 is 0 Å². The third-order valence-corrected chi connectivity index (χ3v) is 2.56. The van der Waals surface area contributed by atoms with Gasteiger partial charge in [-0.25, -0.2) is 9.18 Å². The van der Waals surface area contributed by atoms with Gasteiger partial charge in [-0.1, -0.05) is 24.3 Å². The summed E-state index contributed by atoms with van der Waals surface area (Å²) >= 11 is 0. The van der Waals surface area contributed by atoms with Crippen molar-refractivity contribution in [2.24, 2.45) is 0 Å². The average Bonchev–Trinajstić information content (AvgIpc) is 2.43. The molecule has 0 aliphatic heterocycles. The van der Waals surface area contributed by atoms with E-state index in [1.165, 1.54) is 19.1 Å². The second-order valence-electron chi connectivity index (χ2n) is 4.08. The fraction of sp³-hybridized carbons (Fsp3) is 0.133. The second-order valence-corrected chi connectivity index (χ2v) is 4.08. The third kappa shape index (κ3) is 3.26. The van der Waals surface area contributed by atoms with Crippen LogP contribution in [0.2, 0.25) is 0 Å². The maximum absolute atomic E-state index is 13.5. The summed E-state index contributed by atoms with van der Waals surface area (Å²) in [4.78, 5) is 10.8. The minimum atomic E-state index is -1.09. The van der Waals surface area contributed by atoms with Gasteiger partial charge in [0.25, 0.3) is 0 Å². The van der Waals surface area contributed by atoms with E-state index < -0.39 is 17.9 Å². The van der Waals surface area contributed by atoms with Crippen molar-refractivity contribution in [2.45, 2.75) is 13.0 Å². The Bertz CT molecular complexity index is 612. The molecule has 5 heteroatoms. The van der Waals surface area contributed by atoms with Crippen LogP contribution < -0.4 is 9.47 Å². The molecule has 0 radical (unpaired) electrons. The maximum atomic E-state index is 13.5. The fourth-order valence-corrected chi connectivity index (χ4v) is 1.52. The van der Waals surface area contributed by atoms with Crippen LogP contribution in [0.15, 0.2) is 48.5 Å². The Balaban J connectivity index is 2.24. The molecular weight excluding hydrogens is 263 g/mol. The fourth-order valence-electron chi connectivity index (χ4n) is 1.52. The van der Waals surface area contributed by atoms with Gasteiger partial charge in [0.05, 0.1) is 0 Å². The maximum Gasteiger partial charge on any atom is 0.344 e. The Morgan fingerprint density at radius 3 is 2.20 bits per heavy atom. The van der Waals surface area contributed by atoms with Crippen molar-refractivity contribution in [1.82, 2.24) is 0 Å². The van der Waals surface area contributed by atoms with Crippen LogP contribution in [0.1, 0.15) is 6.92 Å². The number of aliphatic carboxylic acids is 1. The number of carbonyl (C=O) groups is 1. The van der Waals surface area contributed by atoms with Gasteiger partial charge in [-0.15, -0.1) is 0 Å². The molecular formula is C15H13FO4. The molecule has 0 bridgehead atoms. The highest BCUT2D eigenvalue weighted by Crippen LogP contribution is 2.32. The number of hydrogen-bond acceptors (Lipinski definition) is 3. The number of rotatable bonds is 5. The smallest absolute Gasteiger partial charge is 0.344 e. The highest BCUT2D eigenvalue weighted by molar-refractivity contribution is 5.72. The van der Waals surface area contributed by atoms with Crippen LogP contribution in [0, 0.1) is 5.82 Å². The van der Waals surface area contributed by atoms with Gasteiger partial charge in [0.2, 0.25) is 0 Å². The van der Waals surface area contributed by atoms with Gasteiger partial charge in [0.15, 0.2) is 29.2 Å². The number of carboxylic acids is 1. The van der Waals surface area contributed by atoms with Crippen LogP contribution in [-0.2, 0) is 4.79 Å². The van der Waals surface area contributed by atoms with E-state index in [1.807, 2.05) is 0 Å². The van der Waals surface area contributed by atoms with Gasteiger partial charge in [0, 0.05) is 0 Å². The lowest BCUT2D eigenvalue weighted by Gasteiger charge is -2.14. The molecule has 0 aliphatic rings. The van der Waals surface area contributed by atoms with Crippen LogP contribution in [0.4, 0.5) is 4.39 Å². The molecule has 0 aliphatic carbocycles. The molecule has 2 rings (SSSR count). The van der Waals surface area contributed by atoms with E-state index in [1.54, 1.807) is 36.4 Å². The zero-order valence-corrected chi connectivity index (χ0v) is 10.7. The topological polar surface area (TPSA) is 55.8 Å². The first-order valence-electron chi connectivity index (χ1n) is 5.99. The standard InChI is InChI=1S/C15H13FO4/c1-10(15(17)18)19-13-8-4-5-9-14(13)20-12-7-3-2-6-11(12)16/h2-10H,1H3,(H,17,18). The van der Waals surface area contributed by atoms with E-state index in [2.05, 4.69) is 0 Å². The number of para-hydroxylation sites is 3. The summed E-state index contributed by atoms with van der Waals surface area (Å²) in [5.74, 6) is -1.05. The highest BCUT2D eigenvalue weighted by atomic mass is 19.1. The summed E-state index contributed by atoms with van der Waals surface area (Å²) in [7, 11) is 0. The summed E-state index contributed by atoms with van der Waals surface area (Å²) in [6.45, 7) is 1.40. The van der Waals surface area contributed by atoms with E-state index in [-0.39, 0.29) is 17.2 Å². The first-order valence-corrected chi connectivity index (χ1v) is 5.99. The molecule has 0 fully saturated rings. The molecule has 20 heavy (non-hydrogen) atoms. The lowest BCUT2D eigenvalue weighted by molar-refractivity contribution is -0.144. The first kappa shape index (κ1) is 13.9. The van der Waals surface area contributed by atoms with Gasteiger partial charge in [-0.2, -0.15) is 0 Å². The van der Waals surface area contributed by atoms with Gasteiger partial charge in [-0.05, 0) is 31.2 Å². The highest BCUT2D eigenvalue weighted by Gasteiger charge is 2.16.